The van der Waals surface area contributed by atoms with Crippen LogP contribution in [-0.2, 0) is 4.79 Å². The Morgan fingerprint density at radius 1 is 1.50 bits per heavy atom. The van der Waals surface area contributed by atoms with E-state index in [1.54, 1.807) is 42.9 Å². The van der Waals surface area contributed by atoms with E-state index in [2.05, 4.69) is 15.4 Å². The van der Waals surface area contributed by atoms with Crippen molar-refractivity contribution >= 4 is 17.4 Å². The van der Waals surface area contributed by atoms with Gasteiger partial charge in [0.05, 0.1) is 6.20 Å². The Morgan fingerprint density at radius 3 is 2.94 bits per heavy atom. The predicted octanol–water partition coefficient (Wildman–Crippen LogP) is 1.00. The summed E-state index contributed by atoms with van der Waals surface area (Å²) in [5.74, 6) is -0.414. The molecule has 2 N–H and O–H groups in total. The number of fused-ring (bicyclic) bond motifs is 1. The zero-order valence-electron chi connectivity index (χ0n) is 9.01. The van der Waals surface area contributed by atoms with E-state index in [-0.39, 0.29) is 0 Å². The highest BCUT2D eigenvalue weighted by atomic mass is 16.4. The van der Waals surface area contributed by atoms with Gasteiger partial charge >= 0.3 is 5.97 Å². The van der Waals surface area contributed by atoms with E-state index in [9.17, 15) is 4.79 Å². The Morgan fingerprint density at radius 2 is 2.25 bits per heavy atom. The molecule has 0 aliphatic heterocycles. The Hall–Kier alpha value is -2.11. The lowest BCUT2D eigenvalue weighted by Gasteiger charge is -2.21. The zero-order chi connectivity index (χ0) is 11.8. The van der Waals surface area contributed by atoms with Gasteiger partial charge in [0.25, 0.3) is 0 Å². The monoisotopic (exact) mass is 220 g/mol. The van der Waals surface area contributed by atoms with Gasteiger partial charge < -0.3 is 10.4 Å². The number of rotatable bonds is 3. The van der Waals surface area contributed by atoms with Crippen molar-refractivity contribution in [1.29, 1.82) is 0 Å². The van der Waals surface area contributed by atoms with Gasteiger partial charge in [-0.15, -0.1) is 0 Å². The molecule has 6 heteroatoms. The maximum Gasteiger partial charge on any atom is 0.328 e. The van der Waals surface area contributed by atoms with Crippen LogP contribution in [-0.4, -0.2) is 31.2 Å². The first-order valence-electron chi connectivity index (χ1n) is 4.81. The van der Waals surface area contributed by atoms with Crippen molar-refractivity contribution in [3.8, 4) is 0 Å². The third kappa shape index (κ3) is 1.81. The molecule has 0 amide bonds. The molecule has 0 saturated carbocycles. The quantitative estimate of drug-likeness (QED) is 0.806. The second kappa shape index (κ2) is 3.48. The number of hydrogen-bond acceptors (Lipinski definition) is 4. The molecule has 0 saturated heterocycles. The van der Waals surface area contributed by atoms with Gasteiger partial charge in [0.15, 0.2) is 5.65 Å². The van der Waals surface area contributed by atoms with Gasteiger partial charge in [-0.2, -0.15) is 5.10 Å². The highest BCUT2D eigenvalue weighted by molar-refractivity contribution is 5.81. The molecular formula is C10H12N4O2. The molecule has 0 atom stereocenters. The molecule has 2 aromatic rings. The van der Waals surface area contributed by atoms with Crippen molar-refractivity contribution in [2.75, 3.05) is 5.32 Å². The molecule has 16 heavy (non-hydrogen) atoms. The van der Waals surface area contributed by atoms with Crippen LogP contribution in [0.1, 0.15) is 13.8 Å². The van der Waals surface area contributed by atoms with Crippen molar-refractivity contribution < 1.29 is 9.90 Å². The van der Waals surface area contributed by atoms with Crippen LogP contribution in [0.25, 0.3) is 5.65 Å². The zero-order valence-corrected chi connectivity index (χ0v) is 9.01. The second-order valence-corrected chi connectivity index (χ2v) is 4.00. The summed E-state index contributed by atoms with van der Waals surface area (Å²) < 4.78 is 1.61. The average molecular weight is 220 g/mol. The van der Waals surface area contributed by atoms with E-state index in [0.717, 1.165) is 0 Å². The number of aromatic nitrogens is 3. The number of hydrogen-bond donors (Lipinski definition) is 2. The highest BCUT2D eigenvalue weighted by Crippen LogP contribution is 2.13. The molecule has 0 bridgehead atoms. The molecule has 0 spiro atoms. The topological polar surface area (TPSA) is 79.5 Å². The third-order valence-electron chi connectivity index (χ3n) is 2.23. The van der Waals surface area contributed by atoms with Crippen LogP contribution in [0.4, 0.5) is 5.82 Å². The van der Waals surface area contributed by atoms with Crippen LogP contribution in [0.5, 0.6) is 0 Å². The molecule has 0 radical (unpaired) electrons. The lowest BCUT2D eigenvalue weighted by molar-refractivity contribution is -0.141. The highest BCUT2D eigenvalue weighted by Gasteiger charge is 2.27. The Kier molecular flexibility index (Phi) is 2.26. The van der Waals surface area contributed by atoms with Gasteiger partial charge in [0, 0.05) is 12.3 Å². The van der Waals surface area contributed by atoms with Crippen LogP contribution in [0.2, 0.25) is 0 Å². The van der Waals surface area contributed by atoms with Crippen molar-refractivity contribution in [2.24, 2.45) is 0 Å². The van der Waals surface area contributed by atoms with Gasteiger partial charge in [-0.25, -0.2) is 14.3 Å². The average Bonchev–Trinajstić information content (AvgIpc) is 2.63. The number of aliphatic carboxylic acids is 1. The lowest BCUT2D eigenvalue weighted by Crippen LogP contribution is -2.40. The Labute approximate surface area is 91.9 Å². The standard InChI is InChI=1S/C10H12N4O2/c1-10(2,9(15)16)13-7-4-6-14-8(12-7)3-5-11-14/h3-6H,1-2H3,(H,12,13)(H,15,16). The van der Waals surface area contributed by atoms with E-state index in [4.69, 9.17) is 5.11 Å². The molecule has 2 heterocycles. The number of nitrogens with zero attached hydrogens (tertiary/aromatic N) is 3. The molecule has 0 fully saturated rings. The summed E-state index contributed by atoms with van der Waals surface area (Å²) in [5.41, 5.74) is -0.378. The first-order valence-corrected chi connectivity index (χ1v) is 4.81. The summed E-state index contributed by atoms with van der Waals surface area (Å²) in [6.07, 6.45) is 3.36. The van der Waals surface area contributed by atoms with Crippen molar-refractivity contribution in [3.05, 3.63) is 24.5 Å². The van der Waals surface area contributed by atoms with Gasteiger partial charge in [0.2, 0.25) is 0 Å². The summed E-state index contributed by atoms with van der Waals surface area (Å²) >= 11 is 0. The normalized spacial score (nSPS) is 11.6. The SMILES string of the molecule is CC(C)(Nc1ccn2nccc2n1)C(=O)O. The fourth-order valence-corrected chi connectivity index (χ4v) is 1.26. The minimum atomic E-state index is -1.05. The molecule has 2 rings (SSSR count). The number of carboxylic acids is 1. The van der Waals surface area contributed by atoms with E-state index in [1.165, 1.54) is 0 Å². The van der Waals surface area contributed by atoms with E-state index in [1.807, 2.05) is 0 Å². The summed E-state index contributed by atoms with van der Waals surface area (Å²) in [7, 11) is 0. The molecule has 0 unspecified atom stereocenters. The molecule has 84 valence electrons. The summed E-state index contributed by atoms with van der Waals surface area (Å²) in [6, 6.07) is 3.43. The molecule has 0 aromatic carbocycles. The Balaban J connectivity index is 2.30. The first kappa shape index (κ1) is 10.4. The number of carbonyl (C=O) groups is 1. The first-order chi connectivity index (χ1) is 7.49. The summed E-state index contributed by atoms with van der Waals surface area (Å²) in [5, 5.41) is 15.8. The van der Waals surface area contributed by atoms with Gasteiger partial charge in [0.1, 0.15) is 11.4 Å². The number of nitrogens with one attached hydrogen (secondary N) is 1. The maximum absolute atomic E-state index is 10.9. The van der Waals surface area contributed by atoms with Crippen LogP contribution >= 0.6 is 0 Å². The minimum Gasteiger partial charge on any atom is -0.480 e. The van der Waals surface area contributed by atoms with Crippen molar-refractivity contribution in [2.45, 2.75) is 19.4 Å². The number of anilines is 1. The van der Waals surface area contributed by atoms with Crippen LogP contribution in [0, 0.1) is 0 Å². The second-order valence-electron chi connectivity index (χ2n) is 4.00. The molecular weight excluding hydrogens is 208 g/mol. The maximum atomic E-state index is 10.9. The fourth-order valence-electron chi connectivity index (χ4n) is 1.26. The van der Waals surface area contributed by atoms with Gasteiger partial charge in [-0.1, -0.05) is 0 Å². The third-order valence-corrected chi connectivity index (χ3v) is 2.23. The minimum absolute atomic E-state index is 0.514. The summed E-state index contributed by atoms with van der Waals surface area (Å²) in [6.45, 7) is 3.16. The van der Waals surface area contributed by atoms with E-state index >= 15 is 0 Å². The number of carboxylic acid groups (broad SMARTS) is 1. The molecule has 0 aliphatic rings. The predicted molar refractivity (Wildman–Crippen MR) is 58.3 cm³/mol. The van der Waals surface area contributed by atoms with Crippen LogP contribution < -0.4 is 5.32 Å². The molecule has 0 aliphatic carbocycles. The van der Waals surface area contributed by atoms with Gasteiger partial charge in [-0.3, -0.25) is 0 Å². The van der Waals surface area contributed by atoms with Crippen LogP contribution in [0.3, 0.4) is 0 Å². The fraction of sp³-hybridized carbons (Fsp3) is 0.300. The summed E-state index contributed by atoms with van der Waals surface area (Å²) in [4.78, 5) is 15.2. The van der Waals surface area contributed by atoms with Gasteiger partial charge in [-0.05, 0) is 19.9 Å². The van der Waals surface area contributed by atoms with Crippen molar-refractivity contribution in [1.82, 2.24) is 14.6 Å². The molecule has 2 aromatic heterocycles. The largest absolute Gasteiger partial charge is 0.480 e. The molecule has 6 nitrogen and oxygen atoms in total. The lowest BCUT2D eigenvalue weighted by atomic mass is 10.1. The smallest absolute Gasteiger partial charge is 0.328 e. The Bertz CT molecular complexity index is 532. The van der Waals surface area contributed by atoms with E-state index in [0.29, 0.717) is 11.5 Å². The van der Waals surface area contributed by atoms with E-state index < -0.39 is 11.5 Å². The van der Waals surface area contributed by atoms with Crippen molar-refractivity contribution in [3.63, 3.8) is 0 Å². The van der Waals surface area contributed by atoms with Crippen LogP contribution in [0.15, 0.2) is 24.5 Å².